The fourth-order valence-electron chi connectivity index (χ4n) is 5.01. The van der Waals surface area contributed by atoms with E-state index in [-0.39, 0.29) is 11.1 Å². The van der Waals surface area contributed by atoms with Gasteiger partial charge in [0.25, 0.3) is 0 Å². The normalized spacial score (nSPS) is 13.6. The molecule has 3 aromatic rings. The van der Waals surface area contributed by atoms with Crippen molar-refractivity contribution in [3.05, 3.63) is 106 Å². The number of rotatable bonds is 7. The van der Waals surface area contributed by atoms with Gasteiger partial charge in [-0.3, -0.25) is 0 Å². The molecule has 1 aliphatic rings. The number of carbonyl (C=O) groups is 3. The average molecular weight is 503 g/mol. The number of methoxy groups -OCH3 is 1. The molecular weight excluding hydrogens is 476 g/mol. The maximum atomic E-state index is 12.1. The second-order valence-electron chi connectivity index (χ2n) is 8.37. The van der Waals surface area contributed by atoms with Crippen molar-refractivity contribution in [2.75, 3.05) is 7.11 Å². The Morgan fingerprint density at radius 2 is 1.41 bits per heavy atom. The Hall–Kier alpha value is -4.59. The molecule has 0 atom stereocenters. The van der Waals surface area contributed by atoms with Crippen molar-refractivity contribution in [1.29, 1.82) is 0 Å². The number of carboxylic acid groups (broad SMARTS) is 2. The number of ether oxygens (including phenoxy) is 3. The van der Waals surface area contributed by atoms with Gasteiger partial charge >= 0.3 is 24.1 Å². The highest BCUT2D eigenvalue weighted by molar-refractivity contribution is 6.08. The van der Waals surface area contributed by atoms with E-state index < -0.39 is 24.1 Å². The van der Waals surface area contributed by atoms with Crippen LogP contribution in [0.1, 0.15) is 57.6 Å². The molecule has 0 amide bonds. The second kappa shape index (κ2) is 10.2. The van der Waals surface area contributed by atoms with Crippen LogP contribution < -0.4 is 0 Å². The SMILES string of the molecule is CCc1ccc2c(c1CC)C(c1ccc(C(=O)OC)cc1)=C(c1ccccc1)C2(OC(=O)O)OC(=O)O. The van der Waals surface area contributed by atoms with E-state index in [2.05, 4.69) is 0 Å². The topological polar surface area (TPSA) is 119 Å². The van der Waals surface area contributed by atoms with Crippen molar-refractivity contribution in [3.8, 4) is 0 Å². The molecule has 0 bridgehead atoms. The number of hydrogen-bond donors (Lipinski definition) is 2. The number of carbonyl (C=O) groups excluding carboxylic acids is 1. The van der Waals surface area contributed by atoms with Gasteiger partial charge in [0.15, 0.2) is 0 Å². The predicted octanol–water partition coefficient (Wildman–Crippen LogP) is 6.11. The molecule has 8 heteroatoms. The monoisotopic (exact) mass is 502 g/mol. The molecule has 0 fully saturated rings. The molecule has 0 aromatic heterocycles. The summed E-state index contributed by atoms with van der Waals surface area (Å²) in [5.41, 5.74) is 5.15. The van der Waals surface area contributed by atoms with Crippen molar-refractivity contribution in [2.45, 2.75) is 32.5 Å². The number of hydrogen-bond acceptors (Lipinski definition) is 6. The van der Waals surface area contributed by atoms with Crippen LogP contribution in [0.2, 0.25) is 0 Å². The molecule has 2 N–H and O–H groups in total. The van der Waals surface area contributed by atoms with Crippen LogP contribution in [0.25, 0.3) is 11.1 Å². The third kappa shape index (κ3) is 4.42. The molecule has 4 rings (SSSR count). The summed E-state index contributed by atoms with van der Waals surface area (Å²) in [5, 5.41) is 19.6. The molecule has 0 unspecified atom stereocenters. The molecule has 8 nitrogen and oxygen atoms in total. The standard InChI is InChI=1S/C29H26O8/c1-4-17-15-16-22-24(21(17)5-2)23(18-11-13-20(14-12-18)26(30)35-3)25(19-9-7-6-8-10-19)29(22,36-27(31)32)37-28(33)34/h6-16H,4-5H2,1-3H3,(H,31,32)(H,33,34). The van der Waals surface area contributed by atoms with E-state index >= 15 is 0 Å². The second-order valence-corrected chi connectivity index (χ2v) is 8.37. The summed E-state index contributed by atoms with van der Waals surface area (Å²) in [5.74, 6) is -2.78. The van der Waals surface area contributed by atoms with Gasteiger partial charge in [-0.25, -0.2) is 14.4 Å². The summed E-state index contributed by atoms with van der Waals surface area (Å²) in [7, 11) is 1.29. The minimum absolute atomic E-state index is 0.238. The van der Waals surface area contributed by atoms with Crippen LogP contribution in [0, 0.1) is 0 Å². The first-order chi connectivity index (χ1) is 17.8. The third-order valence-electron chi connectivity index (χ3n) is 6.45. The van der Waals surface area contributed by atoms with Crippen LogP contribution >= 0.6 is 0 Å². The zero-order valence-corrected chi connectivity index (χ0v) is 20.6. The lowest BCUT2D eigenvalue weighted by Crippen LogP contribution is -2.37. The molecular formula is C29H26O8. The van der Waals surface area contributed by atoms with Crippen LogP contribution in [0.3, 0.4) is 0 Å². The summed E-state index contributed by atoms with van der Waals surface area (Å²) in [6.45, 7) is 3.99. The van der Waals surface area contributed by atoms with Crippen molar-refractivity contribution in [2.24, 2.45) is 0 Å². The van der Waals surface area contributed by atoms with Gasteiger partial charge in [0.1, 0.15) is 0 Å². The van der Waals surface area contributed by atoms with E-state index in [0.29, 0.717) is 40.7 Å². The Morgan fingerprint density at radius 3 is 1.92 bits per heavy atom. The van der Waals surface area contributed by atoms with Gasteiger partial charge in [-0.1, -0.05) is 62.4 Å². The Balaban J connectivity index is 2.18. The molecule has 0 heterocycles. The predicted molar refractivity (Wildman–Crippen MR) is 135 cm³/mol. The zero-order valence-electron chi connectivity index (χ0n) is 20.6. The lowest BCUT2D eigenvalue weighted by atomic mass is 9.88. The van der Waals surface area contributed by atoms with Gasteiger partial charge in [0.05, 0.1) is 18.2 Å². The molecule has 190 valence electrons. The fraction of sp³-hybridized carbons (Fsp3) is 0.207. The fourth-order valence-corrected chi connectivity index (χ4v) is 5.01. The summed E-state index contributed by atoms with van der Waals surface area (Å²) in [6.07, 6.45) is -2.09. The molecule has 0 spiro atoms. The van der Waals surface area contributed by atoms with Crippen LogP contribution in [-0.2, 0) is 32.8 Å². The molecule has 0 saturated carbocycles. The highest BCUT2D eigenvalue weighted by Gasteiger charge is 2.54. The summed E-state index contributed by atoms with van der Waals surface area (Å²) < 4.78 is 15.6. The largest absolute Gasteiger partial charge is 0.509 e. The molecule has 0 radical (unpaired) electrons. The average Bonchev–Trinajstić information content (AvgIpc) is 3.16. The van der Waals surface area contributed by atoms with Gasteiger partial charge in [-0.15, -0.1) is 0 Å². The Bertz CT molecular complexity index is 1370. The van der Waals surface area contributed by atoms with Crippen molar-refractivity contribution in [1.82, 2.24) is 0 Å². The van der Waals surface area contributed by atoms with E-state index in [1.165, 1.54) is 7.11 Å². The van der Waals surface area contributed by atoms with Crippen LogP contribution in [-0.4, -0.2) is 35.6 Å². The molecule has 0 saturated heterocycles. The molecule has 3 aromatic carbocycles. The van der Waals surface area contributed by atoms with Gasteiger partial charge in [-0.2, -0.15) is 0 Å². The van der Waals surface area contributed by atoms with E-state index in [1.807, 2.05) is 19.9 Å². The number of aryl methyl sites for hydroxylation is 1. The quantitative estimate of drug-likeness (QED) is 0.293. The molecule has 37 heavy (non-hydrogen) atoms. The number of fused-ring (bicyclic) bond motifs is 1. The first kappa shape index (κ1) is 25.5. The lowest BCUT2D eigenvalue weighted by Gasteiger charge is -2.30. The maximum Gasteiger partial charge on any atom is 0.509 e. The number of benzene rings is 3. The Labute approximate surface area is 213 Å². The lowest BCUT2D eigenvalue weighted by molar-refractivity contribution is -0.146. The zero-order chi connectivity index (χ0) is 26.7. The van der Waals surface area contributed by atoms with Gasteiger partial charge in [0, 0.05) is 11.1 Å². The minimum Gasteiger partial charge on any atom is -0.465 e. The van der Waals surface area contributed by atoms with E-state index in [1.54, 1.807) is 60.7 Å². The smallest absolute Gasteiger partial charge is 0.465 e. The van der Waals surface area contributed by atoms with E-state index in [4.69, 9.17) is 14.2 Å². The maximum absolute atomic E-state index is 12.1. The van der Waals surface area contributed by atoms with E-state index in [0.717, 1.165) is 11.1 Å². The van der Waals surface area contributed by atoms with E-state index in [9.17, 15) is 24.6 Å². The highest BCUT2D eigenvalue weighted by atomic mass is 16.8. The Kier molecular flexibility index (Phi) is 7.02. The third-order valence-corrected chi connectivity index (χ3v) is 6.45. The Morgan fingerprint density at radius 1 is 0.784 bits per heavy atom. The highest BCUT2D eigenvalue weighted by Crippen LogP contribution is 2.56. The summed E-state index contributed by atoms with van der Waals surface area (Å²) in [6, 6.07) is 18.9. The first-order valence-corrected chi connectivity index (χ1v) is 11.8. The molecule has 1 aliphatic carbocycles. The van der Waals surface area contributed by atoms with Crippen molar-refractivity contribution >= 4 is 29.4 Å². The van der Waals surface area contributed by atoms with Crippen LogP contribution in [0.15, 0.2) is 66.7 Å². The van der Waals surface area contributed by atoms with Crippen molar-refractivity contribution < 1.29 is 38.8 Å². The van der Waals surface area contributed by atoms with Crippen molar-refractivity contribution in [3.63, 3.8) is 0 Å². The summed E-state index contributed by atoms with van der Waals surface area (Å²) in [4.78, 5) is 36.1. The first-order valence-electron chi connectivity index (χ1n) is 11.8. The van der Waals surface area contributed by atoms with Crippen LogP contribution in [0.5, 0.6) is 0 Å². The van der Waals surface area contributed by atoms with Gasteiger partial charge < -0.3 is 24.4 Å². The molecule has 0 aliphatic heterocycles. The summed E-state index contributed by atoms with van der Waals surface area (Å²) >= 11 is 0. The van der Waals surface area contributed by atoms with Gasteiger partial charge in [0.2, 0.25) is 0 Å². The van der Waals surface area contributed by atoms with Gasteiger partial charge in [-0.05, 0) is 58.9 Å². The minimum atomic E-state index is -2.28. The van der Waals surface area contributed by atoms with Crippen LogP contribution in [0.4, 0.5) is 9.59 Å². The number of esters is 1.